The van der Waals surface area contributed by atoms with Gasteiger partial charge < -0.3 is 10.6 Å². The van der Waals surface area contributed by atoms with Gasteiger partial charge in [0.1, 0.15) is 0 Å². The van der Waals surface area contributed by atoms with Gasteiger partial charge in [0.25, 0.3) is 0 Å². The number of anilines is 1. The highest BCUT2D eigenvalue weighted by Crippen LogP contribution is 2.25. The monoisotopic (exact) mass is 316 g/mol. The van der Waals surface area contributed by atoms with E-state index in [1.54, 1.807) is 0 Å². The Morgan fingerprint density at radius 3 is 2.65 bits per heavy atom. The number of benzene rings is 1. The highest BCUT2D eigenvalue weighted by molar-refractivity contribution is 9.10. The highest BCUT2D eigenvalue weighted by Gasteiger charge is 2.16. The summed E-state index contributed by atoms with van der Waals surface area (Å²) in [6.07, 6.45) is 0.894. The second-order valence-electron chi connectivity index (χ2n) is 4.15. The molecule has 1 aromatic rings. The normalized spacial score (nSPS) is 17.4. The van der Waals surface area contributed by atoms with Crippen LogP contribution in [0.25, 0.3) is 0 Å². The van der Waals surface area contributed by atoms with Gasteiger partial charge in [0.15, 0.2) is 0 Å². The van der Waals surface area contributed by atoms with E-state index in [1.807, 2.05) is 0 Å². The Labute approximate surface area is 113 Å². The first-order chi connectivity index (χ1) is 8.20. The quantitative estimate of drug-likeness (QED) is 0.919. The lowest BCUT2D eigenvalue weighted by Gasteiger charge is -2.28. The molecular formula is C12H17BrN2OS. The minimum atomic E-state index is -0.617. The van der Waals surface area contributed by atoms with Crippen LogP contribution in [0, 0.1) is 0 Å². The van der Waals surface area contributed by atoms with Gasteiger partial charge >= 0.3 is 0 Å². The zero-order valence-corrected chi connectivity index (χ0v) is 12.1. The van der Waals surface area contributed by atoms with Crippen molar-refractivity contribution in [2.45, 2.75) is 6.42 Å². The molecule has 1 heterocycles. The molecule has 1 aromatic carbocycles. The molecule has 0 unspecified atom stereocenters. The molecule has 94 valence electrons. The predicted octanol–water partition coefficient (Wildman–Crippen LogP) is 1.52. The van der Waals surface area contributed by atoms with Gasteiger partial charge in [0, 0.05) is 45.6 Å². The van der Waals surface area contributed by atoms with Gasteiger partial charge in [-0.3, -0.25) is 4.21 Å². The molecule has 1 fully saturated rings. The van der Waals surface area contributed by atoms with Crippen molar-refractivity contribution in [1.82, 2.24) is 0 Å². The average molecular weight is 317 g/mol. The van der Waals surface area contributed by atoms with Crippen LogP contribution >= 0.6 is 15.9 Å². The van der Waals surface area contributed by atoms with Gasteiger partial charge in [-0.25, -0.2) is 0 Å². The van der Waals surface area contributed by atoms with Crippen molar-refractivity contribution in [2.75, 3.05) is 36.0 Å². The van der Waals surface area contributed by atoms with Crippen molar-refractivity contribution in [3.05, 3.63) is 28.2 Å². The lowest BCUT2D eigenvalue weighted by atomic mass is 10.1. The van der Waals surface area contributed by atoms with Crippen molar-refractivity contribution in [3.63, 3.8) is 0 Å². The molecule has 5 heteroatoms. The summed E-state index contributed by atoms with van der Waals surface area (Å²) in [7, 11) is -0.617. The first-order valence-corrected chi connectivity index (χ1v) is 8.07. The minimum absolute atomic E-state index is 0.617. The smallest absolute Gasteiger partial charge is 0.0411 e. The van der Waals surface area contributed by atoms with Gasteiger partial charge in [0.05, 0.1) is 0 Å². The maximum absolute atomic E-state index is 11.3. The SMILES string of the molecule is NCCc1ccc(N2CCS(=O)CC2)cc1Br. The second kappa shape index (κ2) is 5.98. The molecule has 0 atom stereocenters. The van der Waals surface area contributed by atoms with Gasteiger partial charge in [-0.1, -0.05) is 22.0 Å². The van der Waals surface area contributed by atoms with E-state index in [9.17, 15) is 4.21 Å². The maximum Gasteiger partial charge on any atom is 0.0411 e. The lowest BCUT2D eigenvalue weighted by molar-refractivity contribution is 0.673. The summed E-state index contributed by atoms with van der Waals surface area (Å²) in [6, 6.07) is 6.39. The van der Waals surface area contributed by atoms with Gasteiger partial charge in [-0.2, -0.15) is 0 Å². The Balaban J connectivity index is 2.11. The fourth-order valence-electron chi connectivity index (χ4n) is 1.99. The Morgan fingerprint density at radius 1 is 1.35 bits per heavy atom. The molecule has 1 aliphatic rings. The summed E-state index contributed by atoms with van der Waals surface area (Å²) in [5, 5.41) is 0. The summed E-state index contributed by atoms with van der Waals surface area (Å²) in [5.41, 5.74) is 8.01. The zero-order valence-electron chi connectivity index (χ0n) is 9.69. The van der Waals surface area contributed by atoms with Crippen LogP contribution in [-0.2, 0) is 17.2 Å². The fourth-order valence-corrected chi connectivity index (χ4v) is 3.60. The van der Waals surface area contributed by atoms with Gasteiger partial charge in [-0.05, 0) is 30.7 Å². The standard InChI is InChI=1S/C12H17BrN2OS/c13-12-9-11(2-1-10(12)3-4-14)15-5-7-17(16)8-6-15/h1-2,9H,3-8,14H2. The number of hydrogen-bond acceptors (Lipinski definition) is 3. The lowest BCUT2D eigenvalue weighted by Crippen LogP contribution is -2.37. The van der Waals surface area contributed by atoms with E-state index in [-0.39, 0.29) is 0 Å². The van der Waals surface area contributed by atoms with E-state index in [0.717, 1.165) is 35.5 Å². The summed E-state index contributed by atoms with van der Waals surface area (Å²) >= 11 is 3.58. The molecule has 3 nitrogen and oxygen atoms in total. The molecule has 0 saturated carbocycles. The summed E-state index contributed by atoms with van der Waals surface area (Å²) in [6.45, 7) is 2.44. The molecule has 1 aliphatic heterocycles. The van der Waals surface area contributed by atoms with Crippen molar-refractivity contribution in [2.24, 2.45) is 5.73 Å². The van der Waals surface area contributed by atoms with Crippen molar-refractivity contribution >= 4 is 32.4 Å². The predicted molar refractivity (Wildman–Crippen MR) is 77.0 cm³/mol. The van der Waals surface area contributed by atoms with Crippen LogP contribution < -0.4 is 10.6 Å². The number of nitrogens with zero attached hydrogens (tertiary/aromatic N) is 1. The van der Waals surface area contributed by atoms with E-state index < -0.39 is 10.8 Å². The highest BCUT2D eigenvalue weighted by atomic mass is 79.9. The van der Waals surface area contributed by atoms with Crippen LogP contribution in [0.5, 0.6) is 0 Å². The molecule has 2 N–H and O–H groups in total. The number of rotatable bonds is 3. The molecule has 0 aliphatic carbocycles. The van der Waals surface area contributed by atoms with Crippen molar-refractivity contribution < 1.29 is 4.21 Å². The summed E-state index contributed by atoms with van der Waals surface area (Å²) in [5.74, 6) is 1.56. The number of nitrogens with two attached hydrogens (primary N) is 1. The second-order valence-corrected chi connectivity index (χ2v) is 6.70. The van der Waals surface area contributed by atoms with Crippen LogP contribution in [0.15, 0.2) is 22.7 Å². The fraction of sp³-hybridized carbons (Fsp3) is 0.500. The average Bonchev–Trinajstić information content (AvgIpc) is 2.33. The Morgan fingerprint density at radius 2 is 2.06 bits per heavy atom. The third-order valence-electron chi connectivity index (χ3n) is 2.99. The van der Waals surface area contributed by atoms with Crippen LogP contribution in [-0.4, -0.2) is 35.3 Å². The molecule has 2 rings (SSSR count). The Kier molecular flexibility index (Phi) is 4.59. The molecule has 0 aromatic heterocycles. The summed E-state index contributed by atoms with van der Waals surface area (Å²) in [4.78, 5) is 2.29. The van der Waals surface area contributed by atoms with Crippen LogP contribution in [0.2, 0.25) is 0 Å². The van der Waals surface area contributed by atoms with Crippen LogP contribution in [0.3, 0.4) is 0 Å². The minimum Gasteiger partial charge on any atom is -0.370 e. The molecule has 0 spiro atoms. The molecule has 0 bridgehead atoms. The van der Waals surface area contributed by atoms with E-state index >= 15 is 0 Å². The van der Waals surface area contributed by atoms with E-state index in [0.29, 0.717) is 6.54 Å². The van der Waals surface area contributed by atoms with Crippen molar-refractivity contribution in [1.29, 1.82) is 0 Å². The number of hydrogen-bond donors (Lipinski definition) is 1. The van der Waals surface area contributed by atoms with Crippen LogP contribution in [0.1, 0.15) is 5.56 Å². The third-order valence-corrected chi connectivity index (χ3v) is 5.01. The zero-order chi connectivity index (χ0) is 12.3. The largest absolute Gasteiger partial charge is 0.370 e. The van der Waals surface area contributed by atoms with E-state index in [2.05, 4.69) is 39.0 Å². The molecular weight excluding hydrogens is 300 g/mol. The molecule has 1 saturated heterocycles. The van der Waals surface area contributed by atoms with Crippen LogP contribution in [0.4, 0.5) is 5.69 Å². The Bertz CT molecular complexity index is 415. The Hall–Kier alpha value is -0.390. The molecule has 17 heavy (non-hydrogen) atoms. The molecule has 0 radical (unpaired) electrons. The van der Waals surface area contributed by atoms with Gasteiger partial charge in [0.2, 0.25) is 0 Å². The first kappa shape index (κ1) is 13.1. The van der Waals surface area contributed by atoms with Crippen molar-refractivity contribution in [3.8, 4) is 0 Å². The van der Waals surface area contributed by atoms with E-state index in [4.69, 9.17) is 5.73 Å². The molecule has 0 amide bonds. The maximum atomic E-state index is 11.3. The van der Waals surface area contributed by atoms with Gasteiger partial charge in [-0.15, -0.1) is 0 Å². The first-order valence-electron chi connectivity index (χ1n) is 5.79. The number of halogens is 1. The van der Waals surface area contributed by atoms with E-state index in [1.165, 1.54) is 11.3 Å². The third kappa shape index (κ3) is 3.30. The summed E-state index contributed by atoms with van der Waals surface area (Å²) < 4.78 is 12.4. The topological polar surface area (TPSA) is 46.3 Å².